The Bertz CT molecular complexity index is 975. The van der Waals surface area contributed by atoms with Gasteiger partial charge in [-0.1, -0.05) is 30.3 Å². The van der Waals surface area contributed by atoms with Gasteiger partial charge in [-0.25, -0.2) is 9.97 Å². The highest BCUT2D eigenvalue weighted by Gasteiger charge is 2.24. The van der Waals surface area contributed by atoms with E-state index in [1.165, 1.54) is 5.56 Å². The van der Waals surface area contributed by atoms with Gasteiger partial charge in [0.2, 0.25) is 5.91 Å². The Balaban J connectivity index is 1.55. The summed E-state index contributed by atoms with van der Waals surface area (Å²) in [6, 6.07) is 14.3. The van der Waals surface area contributed by atoms with Crippen LogP contribution >= 0.6 is 0 Å². The molecule has 0 aliphatic carbocycles. The predicted octanol–water partition coefficient (Wildman–Crippen LogP) is 3.49. The van der Waals surface area contributed by atoms with E-state index in [0.29, 0.717) is 18.9 Å². The van der Waals surface area contributed by atoms with E-state index in [1.807, 2.05) is 23.1 Å². The van der Waals surface area contributed by atoms with Gasteiger partial charge in [0.25, 0.3) is 0 Å². The number of anilines is 1. The highest BCUT2D eigenvalue weighted by molar-refractivity contribution is 5.74. The topological polar surface area (TPSA) is 71.0 Å². The summed E-state index contributed by atoms with van der Waals surface area (Å²) in [5, 5.41) is 3.52. The van der Waals surface area contributed by atoms with E-state index in [-0.39, 0.29) is 5.91 Å². The first kappa shape index (κ1) is 19.1. The molecule has 1 aromatic carbocycles. The van der Waals surface area contributed by atoms with Crippen molar-refractivity contribution in [3.8, 4) is 11.4 Å². The van der Waals surface area contributed by atoms with Crippen molar-refractivity contribution in [3.05, 3.63) is 71.7 Å². The summed E-state index contributed by atoms with van der Waals surface area (Å²) in [5.74, 6) is 1.60. The lowest BCUT2D eigenvalue weighted by Crippen LogP contribution is -2.35. The van der Waals surface area contributed by atoms with Gasteiger partial charge in [0.15, 0.2) is 5.82 Å². The normalized spacial score (nSPS) is 13.1. The first-order valence-electron chi connectivity index (χ1n) is 10.0. The molecule has 1 amide bonds. The number of pyridine rings is 1. The Morgan fingerprint density at radius 1 is 1.14 bits per heavy atom. The van der Waals surface area contributed by atoms with E-state index in [1.54, 1.807) is 19.3 Å². The number of hydrogen-bond acceptors (Lipinski definition) is 5. The Hall–Kier alpha value is -3.28. The predicted molar refractivity (Wildman–Crippen MR) is 113 cm³/mol. The molecule has 0 saturated carbocycles. The fraction of sp³-hybridized carbons (Fsp3) is 0.304. The molecule has 29 heavy (non-hydrogen) atoms. The van der Waals surface area contributed by atoms with Crippen molar-refractivity contribution in [1.29, 1.82) is 0 Å². The maximum atomic E-state index is 11.9. The quantitative estimate of drug-likeness (QED) is 0.656. The smallest absolute Gasteiger partial charge is 0.219 e. The van der Waals surface area contributed by atoms with E-state index in [2.05, 4.69) is 34.6 Å². The number of nitrogens with one attached hydrogen (secondary N) is 1. The summed E-state index contributed by atoms with van der Waals surface area (Å²) < 4.78 is 0. The van der Waals surface area contributed by atoms with Gasteiger partial charge < -0.3 is 10.2 Å². The second-order valence-corrected chi connectivity index (χ2v) is 7.27. The number of aromatic nitrogens is 3. The van der Waals surface area contributed by atoms with Crippen LogP contribution in [0.25, 0.3) is 11.4 Å². The van der Waals surface area contributed by atoms with Gasteiger partial charge in [-0.3, -0.25) is 9.78 Å². The van der Waals surface area contributed by atoms with Crippen LogP contribution in [-0.4, -0.2) is 38.8 Å². The second kappa shape index (κ2) is 8.82. The van der Waals surface area contributed by atoms with Crippen LogP contribution in [0, 0.1) is 0 Å². The van der Waals surface area contributed by atoms with Crippen LogP contribution in [0.15, 0.2) is 54.9 Å². The molecule has 3 heterocycles. The van der Waals surface area contributed by atoms with Gasteiger partial charge in [-0.05, 0) is 37.0 Å². The number of carbonyl (C=O) groups is 1. The molecule has 4 rings (SSSR count). The molecule has 1 aliphatic heterocycles. The van der Waals surface area contributed by atoms with Crippen molar-refractivity contribution in [3.63, 3.8) is 0 Å². The molecule has 3 aromatic rings. The Labute approximate surface area is 171 Å². The van der Waals surface area contributed by atoms with E-state index < -0.39 is 0 Å². The van der Waals surface area contributed by atoms with Gasteiger partial charge in [-0.2, -0.15) is 0 Å². The van der Waals surface area contributed by atoms with E-state index in [4.69, 9.17) is 9.97 Å². The largest absolute Gasteiger partial charge is 0.370 e. The number of fused-ring (bicyclic) bond motifs is 1. The molecule has 1 N–H and O–H groups in total. The molecule has 6 nitrogen and oxygen atoms in total. The lowest BCUT2D eigenvalue weighted by Gasteiger charge is -2.28. The molecule has 0 bridgehead atoms. The fourth-order valence-corrected chi connectivity index (χ4v) is 3.61. The zero-order chi connectivity index (χ0) is 20.1. The third-order valence-electron chi connectivity index (χ3n) is 5.21. The minimum Gasteiger partial charge on any atom is -0.370 e. The molecule has 0 atom stereocenters. The van der Waals surface area contributed by atoms with Crippen molar-refractivity contribution in [2.45, 2.75) is 32.7 Å². The van der Waals surface area contributed by atoms with Gasteiger partial charge in [0.05, 0.1) is 12.2 Å². The molecule has 1 aliphatic rings. The van der Waals surface area contributed by atoms with E-state index in [9.17, 15) is 4.79 Å². The molecule has 6 heteroatoms. The second-order valence-electron chi connectivity index (χ2n) is 7.27. The fourth-order valence-electron chi connectivity index (χ4n) is 3.61. The molecule has 0 fully saturated rings. The number of carbonyl (C=O) groups excluding carboxylic acids is 1. The summed E-state index contributed by atoms with van der Waals surface area (Å²) in [5.41, 5.74) is 4.26. The number of benzene rings is 1. The van der Waals surface area contributed by atoms with Crippen LogP contribution in [0.3, 0.4) is 0 Å². The standard InChI is InChI=1S/C23H25N5O/c1-17(29)28-14-11-20-21(16-28)26-22(19-10-6-12-24-15-19)27-23(20)25-13-5-9-18-7-3-2-4-8-18/h2-4,6-8,10,12,15H,5,9,11,13-14,16H2,1H3,(H,25,26,27). The van der Waals surface area contributed by atoms with Gasteiger partial charge in [0.1, 0.15) is 5.82 Å². The summed E-state index contributed by atoms with van der Waals surface area (Å²) in [6.45, 7) is 3.67. The third kappa shape index (κ3) is 4.59. The van der Waals surface area contributed by atoms with Crippen molar-refractivity contribution in [1.82, 2.24) is 19.9 Å². The Morgan fingerprint density at radius 2 is 2.00 bits per heavy atom. The first-order chi connectivity index (χ1) is 14.2. The van der Waals surface area contributed by atoms with E-state index in [0.717, 1.165) is 48.4 Å². The van der Waals surface area contributed by atoms with Crippen molar-refractivity contribution in [2.24, 2.45) is 0 Å². The van der Waals surface area contributed by atoms with Crippen LogP contribution in [-0.2, 0) is 24.2 Å². The van der Waals surface area contributed by atoms with Gasteiger partial charge >= 0.3 is 0 Å². The maximum Gasteiger partial charge on any atom is 0.219 e. The minimum atomic E-state index is 0.0783. The molecular weight excluding hydrogens is 362 g/mol. The molecule has 0 radical (unpaired) electrons. The SMILES string of the molecule is CC(=O)N1CCc2c(nc(-c3cccnc3)nc2NCCCc2ccccc2)C1. The summed E-state index contributed by atoms with van der Waals surface area (Å²) in [7, 11) is 0. The highest BCUT2D eigenvalue weighted by Crippen LogP contribution is 2.27. The monoisotopic (exact) mass is 387 g/mol. The van der Waals surface area contributed by atoms with Crippen molar-refractivity contribution >= 4 is 11.7 Å². The molecule has 0 spiro atoms. The molecule has 0 unspecified atom stereocenters. The number of nitrogens with zero attached hydrogens (tertiary/aromatic N) is 4. The van der Waals surface area contributed by atoms with E-state index >= 15 is 0 Å². The van der Waals surface area contributed by atoms with Crippen LogP contribution in [0.2, 0.25) is 0 Å². The molecule has 2 aromatic heterocycles. The third-order valence-corrected chi connectivity index (χ3v) is 5.21. The molecular formula is C23H25N5O. The lowest BCUT2D eigenvalue weighted by molar-refractivity contribution is -0.129. The number of rotatable bonds is 6. The summed E-state index contributed by atoms with van der Waals surface area (Å²) in [6.07, 6.45) is 6.32. The molecule has 148 valence electrons. The van der Waals surface area contributed by atoms with Crippen LogP contribution < -0.4 is 5.32 Å². The van der Waals surface area contributed by atoms with Crippen molar-refractivity contribution in [2.75, 3.05) is 18.4 Å². The zero-order valence-corrected chi connectivity index (χ0v) is 16.6. The Morgan fingerprint density at radius 3 is 2.76 bits per heavy atom. The lowest BCUT2D eigenvalue weighted by atomic mass is 10.0. The van der Waals surface area contributed by atoms with Gasteiger partial charge in [0, 0.05) is 43.5 Å². The average molecular weight is 387 g/mol. The Kier molecular flexibility index (Phi) is 5.79. The van der Waals surface area contributed by atoms with Crippen LogP contribution in [0.1, 0.15) is 30.2 Å². The summed E-state index contributed by atoms with van der Waals surface area (Å²) in [4.78, 5) is 27.4. The van der Waals surface area contributed by atoms with Crippen LogP contribution in [0.5, 0.6) is 0 Å². The molecule has 0 saturated heterocycles. The zero-order valence-electron chi connectivity index (χ0n) is 16.6. The summed E-state index contributed by atoms with van der Waals surface area (Å²) >= 11 is 0. The first-order valence-corrected chi connectivity index (χ1v) is 10.0. The van der Waals surface area contributed by atoms with Crippen molar-refractivity contribution < 1.29 is 4.79 Å². The highest BCUT2D eigenvalue weighted by atomic mass is 16.2. The average Bonchev–Trinajstić information content (AvgIpc) is 2.77. The maximum absolute atomic E-state index is 11.9. The number of amides is 1. The number of aryl methyl sites for hydroxylation is 1. The minimum absolute atomic E-state index is 0.0783. The van der Waals surface area contributed by atoms with Crippen LogP contribution in [0.4, 0.5) is 5.82 Å². The number of hydrogen-bond donors (Lipinski definition) is 1. The van der Waals surface area contributed by atoms with Gasteiger partial charge in [-0.15, -0.1) is 0 Å².